The molecule has 0 saturated heterocycles. The maximum absolute atomic E-state index is 10.3. The van der Waals surface area contributed by atoms with Crippen molar-refractivity contribution in [3.05, 3.63) is 23.7 Å². The summed E-state index contributed by atoms with van der Waals surface area (Å²) in [6.45, 7) is 0. The van der Waals surface area contributed by atoms with E-state index in [1.165, 1.54) is 11.3 Å². The van der Waals surface area contributed by atoms with Crippen molar-refractivity contribution in [2.45, 2.75) is 0 Å². The maximum atomic E-state index is 10.3. The van der Waals surface area contributed by atoms with Crippen molar-refractivity contribution in [2.24, 2.45) is 0 Å². The summed E-state index contributed by atoms with van der Waals surface area (Å²) in [4.78, 5) is 4.03. The minimum atomic E-state index is -2.85. The van der Waals surface area contributed by atoms with E-state index in [2.05, 4.69) is 9.17 Å². The molecule has 0 unspecified atom stereocenters. The molecule has 0 saturated carbocycles. The molecule has 0 N–H and O–H groups in total. The van der Waals surface area contributed by atoms with Crippen molar-refractivity contribution < 1.29 is 12.6 Å². The van der Waals surface area contributed by atoms with Crippen LogP contribution in [0.2, 0.25) is 0 Å². The van der Waals surface area contributed by atoms with Crippen LogP contribution in [-0.4, -0.2) is 13.4 Å². The second-order valence-electron chi connectivity index (χ2n) is 2.27. The third-order valence-electron chi connectivity index (χ3n) is 1.49. The SMILES string of the molecule is O=[SH](=O)Oc1cccc2ncsc12. The van der Waals surface area contributed by atoms with Gasteiger partial charge in [0.25, 0.3) is 11.0 Å². The van der Waals surface area contributed by atoms with Crippen LogP contribution >= 0.6 is 11.3 Å². The molecule has 0 bridgehead atoms. The molecule has 1 aromatic carbocycles. The Labute approximate surface area is 80.0 Å². The number of rotatable bonds is 2. The van der Waals surface area contributed by atoms with Gasteiger partial charge in [-0.3, -0.25) is 0 Å². The summed E-state index contributed by atoms with van der Waals surface area (Å²) in [6, 6.07) is 5.11. The second kappa shape index (κ2) is 3.31. The van der Waals surface area contributed by atoms with Crippen molar-refractivity contribution in [3.8, 4) is 5.75 Å². The fourth-order valence-corrected chi connectivity index (χ4v) is 2.13. The van der Waals surface area contributed by atoms with Gasteiger partial charge in [0.2, 0.25) is 0 Å². The van der Waals surface area contributed by atoms with Crippen LogP contribution < -0.4 is 4.18 Å². The highest BCUT2D eigenvalue weighted by Gasteiger charge is 2.04. The molecule has 0 spiro atoms. The third-order valence-corrected chi connectivity index (χ3v) is 2.70. The van der Waals surface area contributed by atoms with Gasteiger partial charge in [-0.15, -0.1) is 11.3 Å². The van der Waals surface area contributed by atoms with E-state index in [1.807, 2.05) is 0 Å². The maximum Gasteiger partial charge on any atom is 0.299 e. The molecule has 68 valence electrons. The zero-order valence-corrected chi connectivity index (χ0v) is 8.05. The highest BCUT2D eigenvalue weighted by molar-refractivity contribution is 7.67. The summed E-state index contributed by atoms with van der Waals surface area (Å²) in [5.74, 6) is 0.344. The number of hydrogen-bond acceptors (Lipinski definition) is 5. The van der Waals surface area contributed by atoms with Crippen LogP contribution in [0.5, 0.6) is 5.75 Å². The second-order valence-corrected chi connectivity index (χ2v) is 3.76. The topological polar surface area (TPSA) is 56.3 Å². The number of benzene rings is 1. The summed E-state index contributed by atoms with van der Waals surface area (Å²) >= 11 is 1.35. The van der Waals surface area contributed by atoms with Crippen molar-refractivity contribution >= 4 is 32.5 Å². The summed E-state index contributed by atoms with van der Waals surface area (Å²) in [6.07, 6.45) is 0. The average molecular weight is 215 g/mol. The molecule has 1 heterocycles. The average Bonchev–Trinajstić information content (AvgIpc) is 2.51. The lowest BCUT2D eigenvalue weighted by Gasteiger charge is -1.96. The van der Waals surface area contributed by atoms with Crippen LogP contribution in [0.1, 0.15) is 0 Å². The lowest BCUT2D eigenvalue weighted by molar-refractivity contribution is 0.514. The predicted octanol–water partition coefficient (Wildman–Crippen LogP) is 1.20. The van der Waals surface area contributed by atoms with Gasteiger partial charge in [0.1, 0.15) is 0 Å². The molecule has 6 heteroatoms. The van der Waals surface area contributed by atoms with Crippen LogP contribution in [0, 0.1) is 0 Å². The highest BCUT2D eigenvalue weighted by atomic mass is 32.2. The molecule has 2 rings (SSSR count). The van der Waals surface area contributed by atoms with Crippen molar-refractivity contribution in [1.29, 1.82) is 0 Å². The van der Waals surface area contributed by atoms with Crippen LogP contribution in [0.25, 0.3) is 10.2 Å². The van der Waals surface area contributed by atoms with E-state index in [0.717, 1.165) is 10.2 Å². The molecule has 0 aliphatic heterocycles. The summed E-state index contributed by atoms with van der Waals surface area (Å²) < 4.78 is 26.0. The Balaban J connectivity index is 2.60. The normalized spacial score (nSPS) is 10.8. The Bertz CT molecular complexity index is 495. The van der Waals surface area contributed by atoms with Gasteiger partial charge in [0.05, 0.1) is 15.7 Å². The number of thiazole rings is 1. The van der Waals surface area contributed by atoms with E-state index in [4.69, 9.17) is 0 Å². The largest absolute Gasteiger partial charge is 0.383 e. The molecule has 0 aliphatic rings. The highest BCUT2D eigenvalue weighted by Crippen LogP contribution is 2.28. The first-order chi connectivity index (χ1) is 6.27. The van der Waals surface area contributed by atoms with E-state index in [-0.39, 0.29) is 0 Å². The van der Waals surface area contributed by atoms with Gasteiger partial charge < -0.3 is 4.18 Å². The lowest BCUT2D eigenvalue weighted by atomic mass is 10.3. The molecular weight excluding hydrogens is 210 g/mol. The molecule has 1 aromatic heterocycles. The zero-order valence-electron chi connectivity index (χ0n) is 6.34. The molecule has 0 fully saturated rings. The molecule has 0 aliphatic carbocycles. The molecule has 0 radical (unpaired) electrons. The number of thiol groups is 1. The number of fused-ring (bicyclic) bond motifs is 1. The van der Waals surface area contributed by atoms with E-state index in [0.29, 0.717) is 5.75 Å². The summed E-state index contributed by atoms with van der Waals surface area (Å²) in [5.41, 5.74) is 2.40. The van der Waals surface area contributed by atoms with Gasteiger partial charge in [0, 0.05) is 0 Å². The van der Waals surface area contributed by atoms with Crippen molar-refractivity contribution in [1.82, 2.24) is 4.98 Å². The Hall–Kier alpha value is -1.14. The molecule has 13 heavy (non-hydrogen) atoms. The van der Waals surface area contributed by atoms with Crippen LogP contribution in [0.15, 0.2) is 23.7 Å². The summed E-state index contributed by atoms with van der Waals surface area (Å²) in [5, 5.41) is 0. The zero-order chi connectivity index (χ0) is 9.26. The molecule has 0 atom stereocenters. The first kappa shape index (κ1) is 8.46. The Morgan fingerprint density at radius 1 is 1.38 bits per heavy atom. The van der Waals surface area contributed by atoms with Gasteiger partial charge in [-0.05, 0) is 12.1 Å². The summed E-state index contributed by atoms with van der Waals surface area (Å²) in [7, 11) is -2.85. The van der Waals surface area contributed by atoms with Crippen molar-refractivity contribution in [2.75, 3.05) is 0 Å². The number of aromatic nitrogens is 1. The standard InChI is InChI=1S/C7H5NO3S2/c9-13(10)11-6-3-1-2-5-7(6)12-4-8-5/h1-4,13H. The van der Waals surface area contributed by atoms with Gasteiger partial charge >= 0.3 is 0 Å². The smallest absolute Gasteiger partial charge is 0.299 e. The number of hydrogen-bond donors (Lipinski definition) is 1. The Morgan fingerprint density at radius 3 is 3.00 bits per heavy atom. The van der Waals surface area contributed by atoms with Gasteiger partial charge in [-0.1, -0.05) is 6.07 Å². The van der Waals surface area contributed by atoms with Crippen molar-refractivity contribution in [3.63, 3.8) is 0 Å². The first-order valence-corrected chi connectivity index (χ1v) is 5.39. The fourth-order valence-electron chi connectivity index (χ4n) is 1.01. The minimum Gasteiger partial charge on any atom is -0.383 e. The van der Waals surface area contributed by atoms with Gasteiger partial charge in [0.15, 0.2) is 5.75 Å². The Kier molecular flexibility index (Phi) is 2.15. The van der Waals surface area contributed by atoms with E-state index in [1.54, 1.807) is 23.7 Å². The monoisotopic (exact) mass is 215 g/mol. The fraction of sp³-hybridized carbons (Fsp3) is 0. The van der Waals surface area contributed by atoms with Crippen LogP contribution in [-0.2, 0) is 11.0 Å². The molecule has 0 amide bonds. The van der Waals surface area contributed by atoms with Gasteiger partial charge in [-0.2, -0.15) is 8.42 Å². The van der Waals surface area contributed by atoms with Crippen LogP contribution in [0.4, 0.5) is 0 Å². The molecular formula is C7H5NO3S2. The van der Waals surface area contributed by atoms with Crippen LogP contribution in [0.3, 0.4) is 0 Å². The molecule has 4 nitrogen and oxygen atoms in total. The minimum absolute atomic E-state index is 0.344. The third kappa shape index (κ3) is 1.63. The van der Waals surface area contributed by atoms with Gasteiger partial charge in [-0.25, -0.2) is 4.98 Å². The van der Waals surface area contributed by atoms with E-state index < -0.39 is 11.0 Å². The van der Waals surface area contributed by atoms with E-state index in [9.17, 15) is 8.42 Å². The predicted molar refractivity (Wildman–Crippen MR) is 50.6 cm³/mol. The quantitative estimate of drug-likeness (QED) is 0.765. The van der Waals surface area contributed by atoms with E-state index >= 15 is 0 Å². The first-order valence-electron chi connectivity index (χ1n) is 3.42. The number of nitrogens with zero attached hydrogens (tertiary/aromatic N) is 1. The lowest BCUT2D eigenvalue weighted by Crippen LogP contribution is -1.89. The Morgan fingerprint density at radius 2 is 2.23 bits per heavy atom. The molecule has 2 aromatic rings.